The lowest BCUT2D eigenvalue weighted by Gasteiger charge is -2.51. The molecule has 2 fully saturated rings. The van der Waals surface area contributed by atoms with E-state index in [0.717, 1.165) is 0 Å². The first-order valence-corrected chi connectivity index (χ1v) is 7.19. The van der Waals surface area contributed by atoms with Crippen LogP contribution in [0.4, 0.5) is 0 Å². The van der Waals surface area contributed by atoms with Gasteiger partial charge in [-0.1, -0.05) is 13.8 Å². The molecule has 0 aromatic heterocycles. The van der Waals surface area contributed by atoms with E-state index < -0.39 is 11.4 Å². The second-order valence-electron chi connectivity index (χ2n) is 6.15. The Morgan fingerprint density at radius 2 is 1.95 bits per heavy atom. The fourth-order valence-electron chi connectivity index (χ4n) is 3.23. The zero-order chi connectivity index (χ0) is 14.1. The molecular weight excluding hydrogens is 270 g/mol. The number of amides is 1. The third kappa shape index (κ3) is 2.89. The molecule has 1 atom stereocenters. The van der Waals surface area contributed by atoms with E-state index >= 15 is 0 Å². The third-order valence-electron chi connectivity index (χ3n) is 4.21. The molecule has 1 saturated carbocycles. The van der Waals surface area contributed by atoms with Gasteiger partial charge in [0.2, 0.25) is 5.91 Å². The second-order valence-corrected chi connectivity index (χ2v) is 6.41. The van der Waals surface area contributed by atoms with Gasteiger partial charge < -0.3 is 19.9 Å². The predicted octanol–water partition coefficient (Wildman–Crippen LogP) is 1.03. The van der Waals surface area contributed by atoms with Gasteiger partial charge in [0.1, 0.15) is 5.88 Å². The van der Waals surface area contributed by atoms with Crippen LogP contribution in [0.3, 0.4) is 0 Å². The lowest BCUT2D eigenvalue weighted by molar-refractivity contribution is -0.269. The van der Waals surface area contributed by atoms with Crippen molar-refractivity contribution < 1.29 is 19.4 Å². The van der Waals surface area contributed by atoms with Crippen molar-refractivity contribution in [3.63, 3.8) is 0 Å². The van der Waals surface area contributed by atoms with Gasteiger partial charge in [0.15, 0.2) is 5.79 Å². The van der Waals surface area contributed by atoms with Crippen molar-refractivity contribution in [3.8, 4) is 0 Å². The molecule has 0 aromatic rings. The molecule has 1 unspecified atom stereocenters. The molecule has 1 spiro atoms. The van der Waals surface area contributed by atoms with Crippen LogP contribution >= 0.6 is 11.6 Å². The summed E-state index contributed by atoms with van der Waals surface area (Å²) in [5.41, 5.74) is -1.23. The number of rotatable bonds is 3. The Labute approximate surface area is 118 Å². The normalized spacial score (nSPS) is 32.4. The average Bonchev–Trinajstić information content (AvgIpc) is 2.82. The largest absolute Gasteiger partial charge is 0.388 e. The lowest BCUT2D eigenvalue weighted by atomic mass is 9.65. The summed E-state index contributed by atoms with van der Waals surface area (Å²) in [6.45, 7) is 5.49. The monoisotopic (exact) mass is 291 g/mol. The number of hydrogen-bond donors (Lipinski definition) is 2. The highest BCUT2D eigenvalue weighted by atomic mass is 35.5. The smallest absolute Gasteiger partial charge is 0.235 e. The molecule has 0 radical (unpaired) electrons. The maximum absolute atomic E-state index is 11.2. The van der Waals surface area contributed by atoms with E-state index in [9.17, 15) is 9.90 Å². The van der Waals surface area contributed by atoms with E-state index in [-0.39, 0.29) is 23.7 Å². The lowest BCUT2D eigenvalue weighted by Crippen LogP contribution is -2.58. The van der Waals surface area contributed by atoms with E-state index in [1.165, 1.54) is 0 Å². The molecule has 2 N–H and O–H groups in total. The van der Waals surface area contributed by atoms with Gasteiger partial charge in [0, 0.05) is 18.4 Å². The quantitative estimate of drug-likeness (QED) is 0.762. The predicted molar refractivity (Wildman–Crippen MR) is 70.9 cm³/mol. The molecule has 0 bridgehead atoms. The van der Waals surface area contributed by atoms with Crippen LogP contribution in [-0.4, -0.2) is 48.0 Å². The number of hydrogen-bond acceptors (Lipinski definition) is 4. The van der Waals surface area contributed by atoms with Crippen molar-refractivity contribution in [2.24, 2.45) is 5.41 Å². The minimum absolute atomic E-state index is 0.0877. The highest BCUT2D eigenvalue weighted by Crippen LogP contribution is 2.51. The Kier molecular flexibility index (Phi) is 4.12. The van der Waals surface area contributed by atoms with E-state index in [1.54, 1.807) is 0 Å². The van der Waals surface area contributed by atoms with Gasteiger partial charge in [-0.15, -0.1) is 11.6 Å². The molecule has 0 aromatic carbocycles. The highest BCUT2D eigenvalue weighted by Gasteiger charge is 2.57. The molecule has 19 heavy (non-hydrogen) atoms. The van der Waals surface area contributed by atoms with Crippen LogP contribution in [0.1, 0.15) is 33.1 Å². The summed E-state index contributed by atoms with van der Waals surface area (Å²) in [4.78, 5) is 11.2. The first kappa shape index (κ1) is 15.0. The number of nitrogens with one attached hydrogen (secondary N) is 1. The van der Waals surface area contributed by atoms with Gasteiger partial charge in [-0.2, -0.15) is 0 Å². The first-order chi connectivity index (χ1) is 8.83. The summed E-state index contributed by atoms with van der Waals surface area (Å²) >= 11 is 5.44. The number of carbonyl (C=O) groups is 1. The molecule has 1 aliphatic carbocycles. The molecule has 1 amide bonds. The summed E-state index contributed by atoms with van der Waals surface area (Å²) in [5.74, 6) is -0.938. The number of halogens is 1. The third-order valence-corrected chi connectivity index (χ3v) is 4.45. The van der Waals surface area contributed by atoms with Crippen LogP contribution in [0.15, 0.2) is 0 Å². The molecule has 1 aliphatic heterocycles. The minimum Gasteiger partial charge on any atom is -0.388 e. The van der Waals surface area contributed by atoms with Gasteiger partial charge in [0.05, 0.1) is 18.8 Å². The molecule has 1 saturated heterocycles. The van der Waals surface area contributed by atoms with Crippen LogP contribution in [0.2, 0.25) is 0 Å². The minimum atomic E-state index is -0.925. The number of ether oxygens (including phenoxy) is 2. The Bertz CT molecular complexity index is 355. The van der Waals surface area contributed by atoms with Crippen molar-refractivity contribution >= 4 is 17.5 Å². The zero-order valence-electron chi connectivity index (χ0n) is 11.5. The molecule has 2 aliphatic rings. The fraction of sp³-hybridized carbons (Fsp3) is 0.923. The second kappa shape index (κ2) is 5.20. The van der Waals surface area contributed by atoms with Gasteiger partial charge in [-0.25, -0.2) is 0 Å². The zero-order valence-corrected chi connectivity index (χ0v) is 12.3. The summed E-state index contributed by atoms with van der Waals surface area (Å²) in [6.07, 6.45) is 1.69. The molecule has 6 heteroatoms. The van der Waals surface area contributed by atoms with E-state index in [4.69, 9.17) is 21.1 Å². The van der Waals surface area contributed by atoms with Gasteiger partial charge in [0.25, 0.3) is 0 Å². The molecule has 110 valence electrons. The van der Waals surface area contributed by atoms with Gasteiger partial charge >= 0.3 is 0 Å². The standard InChI is InChI=1S/C13H22ClNO4/c1-11(2)8-12(17,9-15-10(16)7-14)3-4-13(11)18-5-6-19-13/h17H,3-9H2,1-2H3,(H,15,16). The van der Waals surface area contributed by atoms with E-state index in [2.05, 4.69) is 5.32 Å². The van der Waals surface area contributed by atoms with Crippen molar-refractivity contribution in [1.29, 1.82) is 0 Å². The summed E-state index contributed by atoms with van der Waals surface area (Å²) < 4.78 is 11.6. The molecule has 1 heterocycles. The topological polar surface area (TPSA) is 67.8 Å². The van der Waals surface area contributed by atoms with E-state index in [1.807, 2.05) is 13.8 Å². The molecule has 5 nitrogen and oxygen atoms in total. The van der Waals surface area contributed by atoms with Crippen LogP contribution in [0.25, 0.3) is 0 Å². The van der Waals surface area contributed by atoms with Crippen LogP contribution in [0.5, 0.6) is 0 Å². The van der Waals surface area contributed by atoms with Crippen molar-refractivity contribution in [3.05, 3.63) is 0 Å². The van der Waals surface area contributed by atoms with Crippen LogP contribution in [-0.2, 0) is 14.3 Å². The van der Waals surface area contributed by atoms with Crippen molar-refractivity contribution in [2.45, 2.75) is 44.5 Å². The number of alkyl halides is 1. The number of aliphatic hydroxyl groups is 1. The maximum Gasteiger partial charge on any atom is 0.235 e. The molecule has 2 rings (SSSR count). The first-order valence-electron chi connectivity index (χ1n) is 6.66. The fourth-order valence-corrected chi connectivity index (χ4v) is 3.33. The summed E-state index contributed by atoms with van der Waals surface area (Å²) in [6, 6.07) is 0. The van der Waals surface area contributed by atoms with Crippen LogP contribution in [0, 0.1) is 5.41 Å². The maximum atomic E-state index is 11.2. The molecular formula is C13H22ClNO4. The summed E-state index contributed by atoms with van der Waals surface area (Å²) in [5, 5.41) is 13.3. The van der Waals surface area contributed by atoms with Crippen molar-refractivity contribution in [1.82, 2.24) is 5.32 Å². The average molecular weight is 292 g/mol. The van der Waals surface area contributed by atoms with Gasteiger partial charge in [-0.3, -0.25) is 4.79 Å². The summed E-state index contributed by atoms with van der Waals surface area (Å²) in [7, 11) is 0. The van der Waals surface area contributed by atoms with Crippen molar-refractivity contribution in [2.75, 3.05) is 25.6 Å². The Morgan fingerprint density at radius 3 is 2.47 bits per heavy atom. The van der Waals surface area contributed by atoms with Gasteiger partial charge in [-0.05, 0) is 12.8 Å². The van der Waals surface area contributed by atoms with Crippen LogP contribution < -0.4 is 5.32 Å². The van der Waals surface area contributed by atoms with E-state index in [0.29, 0.717) is 32.5 Å². The number of carbonyl (C=O) groups excluding carboxylic acids is 1. The SMILES string of the molecule is CC1(C)CC(O)(CNC(=O)CCl)CCC12OCCO2. The Balaban J connectivity index is 2.02. The Morgan fingerprint density at radius 1 is 1.32 bits per heavy atom. The Hall–Kier alpha value is -0.360. The highest BCUT2D eigenvalue weighted by molar-refractivity contribution is 6.27.